The first-order valence-corrected chi connectivity index (χ1v) is 8.09. The van der Waals surface area contributed by atoms with Crippen molar-refractivity contribution in [3.63, 3.8) is 0 Å². The molecule has 21 heavy (non-hydrogen) atoms. The Morgan fingerprint density at radius 1 is 1.19 bits per heavy atom. The van der Waals surface area contributed by atoms with Crippen molar-refractivity contribution in [2.24, 2.45) is 0 Å². The molecule has 1 saturated heterocycles. The fraction of sp³-hybridized carbons (Fsp3) is 0.375. The number of rotatable bonds is 4. The number of thiophene rings is 1. The summed E-state index contributed by atoms with van der Waals surface area (Å²) >= 11 is 1.57. The van der Waals surface area contributed by atoms with E-state index in [9.17, 15) is 4.39 Å². The Bertz CT molecular complexity index is 577. The summed E-state index contributed by atoms with van der Waals surface area (Å²) in [5.41, 5.74) is 5.24. The van der Waals surface area contributed by atoms with Crippen molar-refractivity contribution in [1.29, 1.82) is 0 Å². The normalized spacial score (nSPS) is 17.2. The fourth-order valence-electron chi connectivity index (χ4n) is 2.47. The Morgan fingerprint density at radius 2 is 2.00 bits per heavy atom. The topological polar surface area (TPSA) is 18.5 Å². The molecule has 0 saturated carbocycles. The highest BCUT2D eigenvalue weighted by Gasteiger charge is 2.13. The summed E-state index contributed by atoms with van der Waals surface area (Å²) in [4.78, 5) is 3.30. The molecule has 1 fully saturated rings. The van der Waals surface area contributed by atoms with Crippen molar-refractivity contribution >= 4 is 11.3 Å². The van der Waals surface area contributed by atoms with Crippen LogP contribution in [0.4, 0.5) is 4.39 Å². The third kappa shape index (κ3) is 3.68. The first-order chi connectivity index (χ1) is 10.2. The molecular weight excluding hydrogens is 285 g/mol. The largest absolute Gasteiger partial charge is 0.304 e. The average molecular weight is 305 g/mol. The molecule has 1 aliphatic rings. The van der Waals surface area contributed by atoms with Gasteiger partial charge in [0.05, 0.1) is 0 Å². The van der Waals surface area contributed by atoms with Crippen LogP contribution >= 0.6 is 11.3 Å². The van der Waals surface area contributed by atoms with Gasteiger partial charge in [-0.3, -0.25) is 5.43 Å². The lowest BCUT2D eigenvalue weighted by Crippen LogP contribution is -2.50. The van der Waals surface area contributed by atoms with Gasteiger partial charge in [-0.1, -0.05) is 12.1 Å². The van der Waals surface area contributed by atoms with Gasteiger partial charge in [0.15, 0.2) is 0 Å². The van der Waals surface area contributed by atoms with Crippen LogP contribution < -0.4 is 5.43 Å². The van der Waals surface area contributed by atoms with Gasteiger partial charge < -0.3 is 4.90 Å². The van der Waals surface area contributed by atoms with Crippen molar-refractivity contribution < 1.29 is 4.39 Å². The maximum Gasteiger partial charge on any atom is 0.131 e. The molecule has 2 heterocycles. The number of piperazine rings is 1. The lowest BCUT2D eigenvalue weighted by molar-refractivity contribution is 0.102. The van der Waals surface area contributed by atoms with Gasteiger partial charge in [0.1, 0.15) is 5.82 Å². The minimum Gasteiger partial charge on any atom is -0.304 e. The quantitative estimate of drug-likeness (QED) is 0.937. The summed E-state index contributed by atoms with van der Waals surface area (Å²) < 4.78 is 13.9. The fourth-order valence-corrected chi connectivity index (χ4v) is 3.21. The van der Waals surface area contributed by atoms with E-state index < -0.39 is 0 Å². The van der Waals surface area contributed by atoms with Gasteiger partial charge in [0.2, 0.25) is 0 Å². The molecule has 2 aromatic rings. The van der Waals surface area contributed by atoms with Crippen molar-refractivity contribution in [3.05, 3.63) is 47.1 Å². The second-order valence-corrected chi connectivity index (χ2v) is 6.36. The van der Waals surface area contributed by atoms with Crippen LogP contribution in [0, 0.1) is 5.82 Å². The molecule has 0 spiro atoms. The molecule has 1 aromatic heterocycles. The van der Waals surface area contributed by atoms with Gasteiger partial charge in [-0.15, -0.1) is 11.3 Å². The third-order valence-electron chi connectivity index (χ3n) is 3.83. The zero-order valence-corrected chi connectivity index (χ0v) is 13.0. The van der Waals surface area contributed by atoms with Crippen LogP contribution in [0.15, 0.2) is 35.7 Å². The molecule has 0 bridgehead atoms. The molecule has 112 valence electrons. The Labute approximate surface area is 129 Å². The van der Waals surface area contributed by atoms with Gasteiger partial charge in [0.25, 0.3) is 0 Å². The van der Waals surface area contributed by atoms with E-state index in [1.807, 2.05) is 29.6 Å². The van der Waals surface area contributed by atoms with E-state index in [2.05, 4.69) is 22.4 Å². The number of hydrogen-bond donors (Lipinski definition) is 1. The SMILES string of the molecule is CN1CCN(NCc2ccc(F)c(-c3cccs3)c2)CC1. The molecule has 0 aliphatic carbocycles. The van der Waals surface area contributed by atoms with Crippen molar-refractivity contribution in [2.75, 3.05) is 33.2 Å². The molecule has 0 atom stereocenters. The highest BCUT2D eigenvalue weighted by molar-refractivity contribution is 7.13. The average Bonchev–Trinajstić information content (AvgIpc) is 3.02. The van der Waals surface area contributed by atoms with E-state index in [-0.39, 0.29) is 5.82 Å². The first kappa shape index (κ1) is 14.7. The third-order valence-corrected chi connectivity index (χ3v) is 4.73. The highest BCUT2D eigenvalue weighted by Crippen LogP contribution is 2.28. The van der Waals surface area contributed by atoms with E-state index in [0.717, 1.165) is 43.2 Å². The number of hydrazine groups is 1. The van der Waals surface area contributed by atoms with Crippen molar-refractivity contribution in [3.8, 4) is 10.4 Å². The predicted octanol–water partition coefficient (Wildman–Crippen LogP) is 2.81. The molecule has 0 radical (unpaired) electrons. The van der Waals surface area contributed by atoms with Gasteiger partial charge in [0, 0.05) is 43.2 Å². The van der Waals surface area contributed by atoms with Crippen LogP contribution in [0.25, 0.3) is 10.4 Å². The molecule has 0 amide bonds. The zero-order chi connectivity index (χ0) is 14.7. The molecule has 0 unspecified atom stereocenters. The van der Waals surface area contributed by atoms with Gasteiger partial charge in [-0.2, -0.15) is 0 Å². The Kier molecular flexibility index (Phi) is 4.65. The number of halogens is 1. The number of nitrogens with zero attached hydrogens (tertiary/aromatic N) is 2. The summed E-state index contributed by atoms with van der Waals surface area (Å²) in [6.45, 7) is 4.95. The molecule has 1 aliphatic heterocycles. The lowest BCUT2D eigenvalue weighted by Gasteiger charge is -2.32. The van der Waals surface area contributed by atoms with Crippen molar-refractivity contribution in [1.82, 2.24) is 15.3 Å². The summed E-state index contributed by atoms with van der Waals surface area (Å²) in [5, 5.41) is 4.22. The standard InChI is InChI=1S/C16H20FN3S/c1-19-6-8-20(9-7-19)18-12-13-4-5-15(17)14(11-13)16-3-2-10-21-16/h2-5,10-11,18H,6-9,12H2,1H3. The van der Waals surface area contributed by atoms with Gasteiger partial charge in [-0.25, -0.2) is 9.40 Å². The maximum atomic E-state index is 13.9. The second-order valence-electron chi connectivity index (χ2n) is 5.42. The van der Waals surface area contributed by atoms with Crippen LogP contribution in [0.1, 0.15) is 5.56 Å². The number of hydrogen-bond acceptors (Lipinski definition) is 4. The number of benzene rings is 1. The Morgan fingerprint density at radius 3 is 2.71 bits per heavy atom. The Hall–Kier alpha value is -1.27. The van der Waals surface area contributed by atoms with E-state index in [1.165, 1.54) is 0 Å². The van der Waals surface area contributed by atoms with E-state index in [4.69, 9.17) is 0 Å². The van der Waals surface area contributed by atoms with Gasteiger partial charge in [-0.05, 0) is 36.2 Å². The number of nitrogens with one attached hydrogen (secondary N) is 1. The van der Waals surface area contributed by atoms with Gasteiger partial charge >= 0.3 is 0 Å². The first-order valence-electron chi connectivity index (χ1n) is 7.22. The smallest absolute Gasteiger partial charge is 0.131 e. The number of likely N-dealkylation sites (N-methyl/N-ethyl adjacent to an activating group) is 1. The zero-order valence-electron chi connectivity index (χ0n) is 12.2. The highest BCUT2D eigenvalue weighted by atomic mass is 32.1. The summed E-state index contributed by atoms with van der Waals surface area (Å²) in [6, 6.07) is 9.28. The summed E-state index contributed by atoms with van der Waals surface area (Å²) in [7, 11) is 2.14. The maximum absolute atomic E-state index is 13.9. The molecule has 5 heteroatoms. The molecular formula is C16H20FN3S. The van der Waals surface area contributed by atoms with Crippen LogP contribution in [0.3, 0.4) is 0 Å². The van der Waals surface area contributed by atoms with E-state index in [1.54, 1.807) is 17.4 Å². The predicted molar refractivity (Wildman–Crippen MR) is 85.6 cm³/mol. The second kappa shape index (κ2) is 6.66. The minimum atomic E-state index is -0.152. The minimum absolute atomic E-state index is 0.152. The van der Waals surface area contributed by atoms with E-state index >= 15 is 0 Å². The molecule has 1 N–H and O–H groups in total. The van der Waals surface area contributed by atoms with Crippen LogP contribution in [-0.2, 0) is 6.54 Å². The summed E-state index contributed by atoms with van der Waals surface area (Å²) in [5.74, 6) is -0.152. The monoisotopic (exact) mass is 305 g/mol. The summed E-state index contributed by atoms with van der Waals surface area (Å²) in [6.07, 6.45) is 0. The lowest BCUT2D eigenvalue weighted by atomic mass is 10.1. The molecule has 3 rings (SSSR count). The Balaban J connectivity index is 1.65. The molecule has 3 nitrogen and oxygen atoms in total. The molecule has 1 aromatic carbocycles. The van der Waals surface area contributed by atoms with Crippen LogP contribution in [0.2, 0.25) is 0 Å². The van der Waals surface area contributed by atoms with Crippen molar-refractivity contribution in [2.45, 2.75) is 6.54 Å². The van der Waals surface area contributed by atoms with Crippen LogP contribution in [-0.4, -0.2) is 43.1 Å². The van der Waals surface area contributed by atoms with E-state index in [0.29, 0.717) is 5.56 Å². The van der Waals surface area contributed by atoms with Crippen LogP contribution in [0.5, 0.6) is 0 Å².